The quantitative estimate of drug-likeness (QED) is 0.595. The van der Waals surface area contributed by atoms with Crippen molar-refractivity contribution in [3.05, 3.63) is 36.0 Å². The number of benzene rings is 1. The Morgan fingerprint density at radius 2 is 2.23 bits per heavy atom. The molecule has 1 aliphatic rings. The number of ether oxygens (including phenoxy) is 1. The molecule has 0 radical (unpaired) electrons. The van der Waals surface area contributed by atoms with Gasteiger partial charge in [0, 0.05) is 18.3 Å². The van der Waals surface area contributed by atoms with E-state index in [1.54, 1.807) is 0 Å². The molecule has 1 aromatic heterocycles. The van der Waals surface area contributed by atoms with Crippen LogP contribution in [0.15, 0.2) is 30.5 Å². The second-order valence-electron chi connectivity index (χ2n) is 3.42. The first-order chi connectivity index (χ1) is 6.45. The molecule has 0 atom stereocenters. The third kappa shape index (κ3) is 0.988. The van der Waals surface area contributed by atoms with Gasteiger partial charge in [-0.1, -0.05) is 18.2 Å². The van der Waals surface area contributed by atoms with Crippen LogP contribution in [0.3, 0.4) is 0 Å². The van der Waals surface area contributed by atoms with Crippen molar-refractivity contribution in [2.75, 3.05) is 6.61 Å². The summed E-state index contributed by atoms with van der Waals surface area (Å²) in [4.78, 5) is 0. The fourth-order valence-electron chi connectivity index (χ4n) is 1.99. The Morgan fingerprint density at radius 1 is 1.23 bits per heavy atom. The molecule has 0 spiro atoms. The molecule has 0 bridgehead atoms. The number of aromatic nitrogens is 1. The standard InChI is InChI=1S/C11H11NO/c1-2-9-4-5-12-6-7-13-8-10(3-1)11(9)12/h1-5H,6-8H2. The van der Waals surface area contributed by atoms with Gasteiger partial charge in [-0.3, -0.25) is 0 Å². The van der Waals surface area contributed by atoms with Gasteiger partial charge in [0.25, 0.3) is 0 Å². The highest BCUT2D eigenvalue weighted by Crippen LogP contribution is 2.22. The Hall–Kier alpha value is -1.28. The largest absolute Gasteiger partial charge is 0.375 e. The number of rotatable bonds is 0. The van der Waals surface area contributed by atoms with Crippen LogP contribution in [0.5, 0.6) is 0 Å². The molecule has 3 rings (SSSR count). The van der Waals surface area contributed by atoms with Crippen LogP contribution in [0, 0.1) is 0 Å². The second kappa shape index (κ2) is 2.60. The predicted octanol–water partition coefficient (Wildman–Crippen LogP) is 2.17. The molecule has 0 amide bonds. The van der Waals surface area contributed by atoms with Crippen LogP contribution in [0.2, 0.25) is 0 Å². The smallest absolute Gasteiger partial charge is 0.0738 e. The van der Waals surface area contributed by atoms with Crippen LogP contribution < -0.4 is 0 Å². The molecule has 2 aromatic rings. The van der Waals surface area contributed by atoms with E-state index in [9.17, 15) is 0 Å². The van der Waals surface area contributed by atoms with Gasteiger partial charge in [0.15, 0.2) is 0 Å². The average molecular weight is 173 g/mol. The molecule has 0 unspecified atom stereocenters. The zero-order chi connectivity index (χ0) is 8.67. The minimum atomic E-state index is 0.751. The number of hydrogen-bond acceptors (Lipinski definition) is 1. The maximum absolute atomic E-state index is 5.50. The molecule has 13 heavy (non-hydrogen) atoms. The lowest BCUT2D eigenvalue weighted by molar-refractivity contribution is 0.120. The van der Waals surface area contributed by atoms with E-state index in [0.717, 1.165) is 19.8 Å². The van der Waals surface area contributed by atoms with Gasteiger partial charge in [-0.25, -0.2) is 0 Å². The van der Waals surface area contributed by atoms with E-state index >= 15 is 0 Å². The van der Waals surface area contributed by atoms with E-state index in [1.807, 2.05) is 0 Å². The van der Waals surface area contributed by atoms with Gasteiger partial charge in [-0.2, -0.15) is 0 Å². The first-order valence-electron chi connectivity index (χ1n) is 4.59. The molecular weight excluding hydrogens is 162 g/mol. The van der Waals surface area contributed by atoms with Crippen LogP contribution >= 0.6 is 0 Å². The Kier molecular flexibility index (Phi) is 1.43. The zero-order valence-corrected chi connectivity index (χ0v) is 7.36. The van der Waals surface area contributed by atoms with Crippen molar-refractivity contribution in [2.45, 2.75) is 13.2 Å². The SMILES string of the molecule is c1cc2c3c(c1)ccn3CCOC2. The molecule has 0 saturated carbocycles. The highest BCUT2D eigenvalue weighted by Gasteiger charge is 2.09. The highest BCUT2D eigenvalue weighted by atomic mass is 16.5. The van der Waals surface area contributed by atoms with Crippen molar-refractivity contribution in [1.82, 2.24) is 4.57 Å². The number of nitrogens with zero attached hydrogens (tertiary/aromatic N) is 1. The maximum atomic E-state index is 5.50. The molecule has 2 heterocycles. The summed E-state index contributed by atoms with van der Waals surface area (Å²) in [6.07, 6.45) is 2.14. The van der Waals surface area contributed by atoms with E-state index in [2.05, 4.69) is 35.0 Å². The minimum Gasteiger partial charge on any atom is -0.375 e. The Balaban J connectivity index is 2.40. The molecule has 1 aliphatic heterocycles. The molecule has 1 aromatic carbocycles. The fourth-order valence-corrected chi connectivity index (χ4v) is 1.99. The average Bonchev–Trinajstić information content (AvgIpc) is 2.44. The summed E-state index contributed by atoms with van der Waals surface area (Å²) in [6.45, 7) is 2.54. The van der Waals surface area contributed by atoms with Crippen molar-refractivity contribution in [3.8, 4) is 0 Å². The molecule has 66 valence electrons. The van der Waals surface area contributed by atoms with Crippen LogP contribution in [0.4, 0.5) is 0 Å². The van der Waals surface area contributed by atoms with E-state index in [1.165, 1.54) is 16.5 Å². The minimum absolute atomic E-state index is 0.751. The molecule has 0 N–H and O–H groups in total. The summed E-state index contributed by atoms with van der Waals surface area (Å²) in [6, 6.07) is 8.56. The number of para-hydroxylation sites is 1. The van der Waals surface area contributed by atoms with Crippen LogP contribution in [0.1, 0.15) is 5.56 Å². The molecule has 2 nitrogen and oxygen atoms in total. The third-order valence-electron chi connectivity index (χ3n) is 2.61. The molecule has 0 saturated heterocycles. The molecular formula is C11H11NO. The molecule has 0 aliphatic carbocycles. The number of hydrogen-bond donors (Lipinski definition) is 0. The van der Waals surface area contributed by atoms with Crippen LogP contribution in [-0.2, 0) is 17.9 Å². The third-order valence-corrected chi connectivity index (χ3v) is 2.61. The summed E-state index contributed by atoms with van der Waals surface area (Å²) in [5.41, 5.74) is 2.65. The Morgan fingerprint density at radius 3 is 3.23 bits per heavy atom. The molecule has 0 fully saturated rings. The van der Waals surface area contributed by atoms with E-state index in [0.29, 0.717) is 0 Å². The zero-order valence-electron chi connectivity index (χ0n) is 7.36. The summed E-state index contributed by atoms with van der Waals surface area (Å²) >= 11 is 0. The van der Waals surface area contributed by atoms with Crippen molar-refractivity contribution >= 4 is 10.9 Å². The van der Waals surface area contributed by atoms with Gasteiger partial charge in [-0.15, -0.1) is 0 Å². The summed E-state index contributed by atoms with van der Waals surface area (Å²) in [5.74, 6) is 0. The van der Waals surface area contributed by atoms with Gasteiger partial charge >= 0.3 is 0 Å². The summed E-state index contributed by atoms with van der Waals surface area (Å²) in [7, 11) is 0. The van der Waals surface area contributed by atoms with Crippen LogP contribution in [0.25, 0.3) is 10.9 Å². The van der Waals surface area contributed by atoms with Gasteiger partial charge < -0.3 is 9.30 Å². The summed E-state index contributed by atoms with van der Waals surface area (Å²) in [5, 5.41) is 1.32. The lowest BCUT2D eigenvalue weighted by atomic mass is 10.1. The normalized spacial score (nSPS) is 16.0. The maximum Gasteiger partial charge on any atom is 0.0738 e. The van der Waals surface area contributed by atoms with E-state index < -0.39 is 0 Å². The van der Waals surface area contributed by atoms with Crippen LogP contribution in [-0.4, -0.2) is 11.2 Å². The Labute approximate surface area is 76.7 Å². The lowest BCUT2D eigenvalue weighted by Crippen LogP contribution is -1.99. The first kappa shape index (κ1) is 7.15. The van der Waals surface area contributed by atoms with Crippen molar-refractivity contribution < 1.29 is 4.74 Å². The van der Waals surface area contributed by atoms with Gasteiger partial charge in [0.1, 0.15) is 0 Å². The van der Waals surface area contributed by atoms with Crippen molar-refractivity contribution in [2.24, 2.45) is 0 Å². The topological polar surface area (TPSA) is 14.2 Å². The second-order valence-corrected chi connectivity index (χ2v) is 3.42. The van der Waals surface area contributed by atoms with E-state index in [-0.39, 0.29) is 0 Å². The predicted molar refractivity (Wildman–Crippen MR) is 51.6 cm³/mol. The first-order valence-corrected chi connectivity index (χ1v) is 4.59. The van der Waals surface area contributed by atoms with Gasteiger partial charge in [0.2, 0.25) is 0 Å². The summed E-state index contributed by atoms with van der Waals surface area (Å²) < 4.78 is 7.78. The highest BCUT2D eigenvalue weighted by molar-refractivity contribution is 5.83. The van der Waals surface area contributed by atoms with Crippen molar-refractivity contribution in [3.63, 3.8) is 0 Å². The van der Waals surface area contributed by atoms with Gasteiger partial charge in [0.05, 0.1) is 18.7 Å². The fraction of sp³-hybridized carbons (Fsp3) is 0.273. The van der Waals surface area contributed by atoms with E-state index in [4.69, 9.17) is 4.74 Å². The van der Waals surface area contributed by atoms with Crippen molar-refractivity contribution in [1.29, 1.82) is 0 Å². The van der Waals surface area contributed by atoms with Gasteiger partial charge in [-0.05, 0) is 11.5 Å². The lowest BCUT2D eigenvalue weighted by Gasteiger charge is -2.01. The monoisotopic (exact) mass is 173 g/mol. The molecule has 2 heteroatoms. The Bertz CT molecular complexity index is 444.